The van der Waals surface area contributed by atoms with Gasteiger partial charge in [-0.1, -0.05) is 0 Å². The van der Waals surface area contributed by atoms with E-state index in [2.05, 4.69) is 44.0 Å². The van der Waals surface area contributed by atoms with Crippen molar-refractivity contribution in [1.29, 1.82) is 0 Å². The van der Waals surface area contributed by atoms with Gasteiger partial charge < -0.3 is 14.8 Å². The molecule has 1 aliphatic rings. The normalized spacial score (nSPS) is 17.6. The summed E-state index contributed by atoms with van der Waals surface area (Å²) in [6, 6.07) is 4.19. The number of likely N-dealkylation sites (N-methyl/N-ethyl adjacent to an activating group) is 1. The average molecular weight is 287 g/mol. The highest BCUT2D eigenvalue weighted by Gasteiger charge is 2.14. The first kappa shape index (κ1) is 14.5. The van der Waals surface area contributed by atoms with E-state index in [9.17, 15) is 0 Å². The molecule has 1 aliphatic heterocycles. The number of fused-ring (bicyclic) bond motifs is 1. The van der Waals surface area contributed by atoms with Gasteiger partial charge >= 0.3 is 0 Å². The number of pyridine rings is 1. The summed E-state index contributed by atoms with van der Waals surface area (Å²) in [5.41, 5.74) is 2.44. The average Bonchev–Trinajstić information content (AvgIpc) is 2.86. The number of hydrogen-bond donors (Lipinski definition) is 1. The van der Waals surface area contributed by atoms with E-state index in [0.717, 1.165) is 25.3 Å². The third-order valence-corrected chi connectivity index (χ3v) is 4.34. The second kappa shape index (κ2) is 6.56. The Morgan fingerprint density at radius 2 is 2.00 bits per heavy atom. The van der Waals surface area contributed by atoms with Crippen molar-refractivity contribution < 1.29 is 0 Å². The summed E-state index contributed by atoms with van der Waals surface area (Å²) in [5.74, 6) is 0. The highest BCUT2D eigenvalue weighted by Crippen LogP contribution is 2.19. The molecular weight excluding hydrogens is 262 g/mol. The number of piperazine rings is 1. The van der Waals surface area contributed by atoms with Gasteiger partial charge in [-0.15, -0.1) is 0 Å². The van der Waals surface area contributed by atoms with Gasteiger partial charge in [0, 0.05) is 63.6 Å². The van der Waals surface area contributed by atoms with Crippen LogP contribution in [-0.2, 0) is 13.1 Å². The Labute approximate surface area is 126 Å². The van der Waals surface area contributed by atoms with Crippen molar-refractivity contribution in [3.63, 3.8) is 0 Å². The number of nitrogens with one attached hydrogen (secondary N) is 1. The van der Waals surface area contributed by atoms with Crippen LogP contribution in [0, 0.1) is 0 Å². The molecule has 0 spiro atoms. The first-order chi connectivity index (χ1) is 10.3. The van der Waals surface area contributed by atoms with Crippen molar-refractivity contribution in [3.8, 4) is 0 Å². The minimum Gasteiger partial charge on any atom is -0.331 e. The van der Waals surface area contributed by atoms with Gasteiger partial charge in [0.25, 0.3) is 0 Å². The highest BCUT2D eigenvalue weighted by atomic mass is 15.3. The summed E-state index contributed by atoms with van der Waals surface area (Å²) < 4.78 is 2.31. The maximum Gasteiger partial charge on any atom is 0.140 e. The fourth-order valence-corrected chi connectivity index (χ4v) is 3.02. The summed E-state index contributed by atoms with van der Waals surface area (Å²) in [4.78, 5) is 9.51. The van der Waals surface area contributed by atoms with Crippen molar-refractivity contribution in [2.75, 3.05) is 46.8 Å². The fourth-order valence-electron chi connectivity index (χ4n) is 3.02. The molecule has 0 aromatic carbocycles. The maximum absolute atomic E-state index is 4.57. The van der Waals surface area contributed by atoms with Crippen LogP contribution in [0.2, 0.25) is 0 Å². The van der Waals surface area contributed by atoms with E-state index >= 15 is 0 Å². The minimum absolute atomic E-state index is 0.893. The van der Waals surface area contributed by atoms with Crippen molar-refractivity contribution in [2.45, 2.75) is 13.1 Å². The highest BCUT2D eigenvalue weighted by molar-refractivity contribution is 5.80. The third-order valence-electron chi connectivity index (χ3n) is 4.34. The third kappa shape index (κ3) is 3.26. The van der Waals surface area contributed by atoms with E-state index in [4.69, 9.17) is 0 Å². The number of aromatic nitrogens is 2. The Bertz CT molecular complexity index is 583. The lowest BCUT2D eigenvalue weighted by atomic mass is 10.2. The predicted octanol–water partition coefficient (Wildman–Crippen LogP) is 1.00. The Morgan fingerprint density at radius 1 is 1.19 bits per heavy atom. The van der Waals surface area contributed by atoms with Gasteiger partial charge in [-0.2, -0.15) is 0 Å². The molecule has 0 atom stereocenters. The molecule has 0 amide bonds. The van der Waals surface area contributed by atoms with Crippen LogP contribution in [0.3, 0.4) is 0 Å². The lowest BCUT2D eigenvalue weighted by Crippen LogP contribution is -2.45. The molecule has 5 nitrogen and oxygen atoms in total. The number of nitrogens with zero attached hydrogens (tertiary/aromatic N) is 4. The first-order valence-electron chi connectivity index (χ1n) is 7.76. The Balaban J connectivity index is 1.71. The Hall–Kier alpha value is -1.43. The molecule has 1 fully saturated rings. The molecule has 2 aromatic rings. The van der Waals surface area contributed by atoms with Crippen LogP contribution in [0.4, 0.5) is 0 Å². The summed E-state index contributed by atoms with van der Waals surface area (Å²) in [6.07, 6.45) is 4.14. The van der Waals surface area contributed by atoms with Crippen molar-refractivity contribution in [2.24, 2.45) is 0 Å². The minimum atomic E-state index is 0.893. The second-order valence-corrected chi connectivity index (χ2v) is 5.90. The molecule has 114 valence electrons. The zero-order chi connectivity index (χ0) is 14.7. The smallest absolute Gasteiger partial charge is 0.140 e. The van der Waals surface area contributed by atoms with Gasteiger partial charge in [0.1, 0.15) is 5.65 Å². The standard InChI is InChI=1S/C16H25N5/c1-17-12-14-13-21(16-15(14)4-3-5-18-16)11-10-20-8-6-19(2)7-9-20/h3-5,13,17H,6-12H2,1-2H3. The zero-order valence-electron chi connectivity index (χ0n) is 13.0. The molecule has 2 aromatic heterocycles. The summed E-state index contributed by atoms with van der Waals surface area (Å²) >= 11 is 0. The van der Waals surface area contributed by atoms with Gasteiger partial charge in [0.05, 0.1) is 0 Å². The maximum atomic E-state index is 4.57. The molecule has 0 aliphatic carbocycles. The summed E-state index contributed by atoms with van der Waals surface area (Å²) in [7, 11) is 4.19. The Morgan fingerprint density at radius 3 is 2.76 bits per heavy atom. The van der Waals surface area contributed by atoms with Crippen LogP contribution in [-0.4, -0.2) is 66.2 Å². The van der Waals surface area contributed by atoms with Gasteiger partial charge in [-0.3, -0.25) is 4.90 Å². The molecule has 0 unspecified atom stereocenters. The van der Waals surface area contributed by atoms with E-state index in [-0.39, 0.29) is 0 Å². The topological polar surface area (TPSA) is 36.3 Å². The SMILES string of the molecule is CNCc1cn(CCN2CCN(C)CC2)c2ncccc12. The van der Waals surface area contributed by atoms with Crippen LogP contribution in [0.25, 0.3) is 11.0 Å². The van der Waals surface area contributed by atoms with E-state index in [1.165, 1.54) is 37.1 Å². The van der Waals surface area contributed by atoms with E-state index in [1.54, 1.807) is 0 Å². The fraction of sp³-hybridized carbons (Fsp3) is 0.562. The predicted molar refractivity (Wildman–Crippen MR) is 86.4 cm³/mol. The summed E-state index contributed by atoms with van der Waals surface area (Å²) in [6.45, 7) is 7.71. The van der Waals surface area contributed by atoms with Crippen LogP contribution in [0.5, 0.6) is 0 Å². The van der Waals surface area contributed by atoms with Crippen molar-refractivity contribution in [3.05, 3.63) is 30.1 Å². The molecule has 0 bridgehead atoms. The summed E-state index contributed by atoms with van der Waals surface area (Å²) in [5, 5.41) is 4.51. The lowest BCUT2D eigenvalue weighted by molar-refractivity contribution is 0.150. The van der Waals surface area contributed by atoms with Crippen LogP contribution in [0.15, 0.2) is 24.5 Å². The molecule has 5 heteroatoms. The lowest BCUT2D eigenvalue weighted by Gasteiger charge is -2.32. The van der Waals surface area contributed by atoms with E-state index in [1.807, 2.05) is 19.3 Å². The van der Waals surface area contributed by atoms with Gasteiger partial charge in [0.15, 0.2) is 0 Å². The first-order valence-corrected chi connectivity index (χ1v) is 7.76. The van der Waals surface area contributed by atoms with Gasteiger partial charge in [-0.05, 0) is 31.8 Å². The number of rotatable bonds is 5. The zero-order valence-corrected chi connectivity index (χ0v) is 13.0. The molecule has 0 saturated carbocycles. The molecule has 21 heavy (non-hydrogen) atoms. The quantitative estimate of drug-likeness (QED) is 0.890. The van der Waals surface area contributed by atoms with E-state index < -0.39 is 0 Å². The molecule has 1 N–H and O–H groups in total. The van der Waals surface area contributed by atoms with Gasteiger partial charge in [-0.25, -0.2) is 4.98 Å². The molecule has 3 rings (SSSR count). The van der Waals surface area contributed by atoms with Crippen LogP contribution < -0.4 is 5.32 Å². The van der Waals surface area contributed by atoms with Crippen molar-refractivity contribution >= 4 is 11.0 Å². The second-order valence-electron chi connectivity index (χ2n) is 5.90. The van der Waals surface area contributed by atoms with Crippen LogP contribution >= 0.6 is 0 Å². The van der Waals surface area contributed by atoms with E-state index in [0.29, 0.717) is 0 Å². The Kier molecular flexibility index (Phi) is 4.53. The van der Waals surface area contributed by atoms with Crippen LogP contribution in [0.1, 0.15) is 5.56 Å². The molecular formula is C16H25N5. The molecule has 0 radical (unpaired) electrons. The van der Waals surface area contributed by atoms with Crippen molar-refractivity contribution in [1.82, 2.24) is 24.7 Å². The molecule has 1 saturated heterocycles. The largest absolute Gasteiger partial charge is 0.331 e. The number of hydrogen-bond acceptors (Lipinski definition) is 4. The molecule has 3 heterocycles. The van der Waals surface area contributed by atoms with Gasteiger partial charge in [0.2, 0.25) is 0 Å². The monoisotopic (exact) mass is 287 g/mol.